The van der Waals surface area contributed by atoms with Crippen LogP contribution in [0.5, 0.6) is 11.5 Å². The molecule has 0 aliphatic heterocycles. The standard InChI is InChI=1S/C17H19NO4/c19-17(11-12-20-15-7-3-1-4-8-15)18-22-14-13-21-16-9-5-2-6-10-16/h1-10H,11-14H2,(H,18,19). The van der Waals surface area contributed by atoms with Crippen LogP contribution in [0.25, 0.3) is 0 Å². The first kappa shape index (κ1) is 15.9. The van der Waals surface area contributed by atoms with E-state index in [9.17, 15) is 4.79 Å². The Labute approximate surface area is 129 Å². The number of hydrogen-bond acceptors (Lipinski definition) is 4. The quantitative estimate of drug-likeness (QED) is 0.571. The molecular weight excluding hydrogens is 282 g/mol. The van der Waals surface area contributed by atoms with Crippen molar-refractivity contribution in [1.82, 2.24) is 5.48 Å². The highest BCUT2D eigenvalue weighted by molar-refractivity contribution is 5.74. The van der Waals surface area contributed by atoms with Crippen LogP contribution in [0.3, 0.4) is 0 Å². The minimum Gasteiger partial charge on any atom is -0.493 e. The van der Waals surface area contributed by atoms with Gasteiger partial charge in [0, 0.05) is 0 Å². The predicted molar refractivity (Wildman–Crippen MR) is 82.6 cm³/mol. The van der Waals surface area contributed by atoms with Crippen LogP contribution in [-0.2, 0) is 9.63 Å². The summed E-state index contributed by atoms with van der Waals surface area (Å²) in [5, 5.41) is 0. The fourth-order valence-corrected chi connectivity index (χ4v) is 1.68. The second-order valence-electron chi connectivity index (χ2n) is 4.45. The third-order valence-electron chi connectivity index (χ3n) is 2.72. The Morgan fingerprint density at radius 1 is 0.773 bits per heavy atom. The minimum atomic E-state index is -0.226. The minimum absolute atomic E-state index is 0.226. The van der Waals surface area contributed by atoms with E-state index in [0.717, 1.165) is 11.5 Å². The zero-order valence-corrected chi connectivity index (χ0v) is 12.2. The van der Waals surface area contributed by atoms with Crippen LogP contribution in [0.4, 0.5) is 0 Å². The lowest BCUT2D eigenvalue weighted by Gasteiger charge is -2.08. The Hall–Kier alpha value is -2.53. The van der Waals surface area contributed by atoms with Crippen molar-refractivity contribution in [3.05, 3.63) is 60.7 Å². The highest BCUT2D eigenvalue weighted by Gasteiger charge is 2.02. The molecule has 0 atom stereocenters. The third kappa shape index (κ3) is 6.28. The Bertz CT molecular complexity index is 545. The average Bonchev–Trinajstić information content (AvgIpc) is 2.56. The molecule has 0 saturated carbocycles. The molecule has 0 aromatic heterocycles. The molecule has 0 radical (unpaired) electrons. The lowest BCUT2D eigenvalue weighted by Crippen LogP contribution is -2.27. The van der Waals surface area contributed by atoms with Gasteiger partial charge in [0.05, 0.1) is 13.0 Å². The van der Waals surface area contributed by atoms with Gasteiger partial charge in [-0.25, -0.2) is 5.48 Å². The van der Waals surface area contributed by atoms with Gasteiger partial charge in [-0.15, -0.1) is 0 Å². The molecule has 1 N–H and O–H groups in total. The lowest BCUT2D eigenvalue weighted by atomic mass is 10.3. The van der Waals surface area contributed by atoms with Crippen LogP contribution in [-0.4, -0.2) is 25.7 Å². The van der Waals surface area contributed by atoms with Gasteiger partial charge in [0.25, 0.3) is 0 Å². The average molecular weight is 301 g/mol. The summed E-state index contributed by atoms with van der Waals surface area (Å²) in [7, 11) is 0. The van der Waals surface area contributed by atoms with Crippen LogP contribution < -0.4 is 15.0 Å². The molecule has 0 fully saturated rings. The van der Waals surface area contributed by atoms with E-state index in [1.807, 2.05) is 60.7 Å². The summed E-state index contributed by atoms with van der Waals surface area (Å²) >= 11 is 0. The number of carbonyl (C=O) groups excluding carboxylic acids is 1. The molecule has 1 amide bonds. The van der Waals surface area contributed by atoms with E-state index in [-0.39, 0.29) is 18.9 Å². The van der Waals surface area contributed by atoms with Gasteiger partial charge in [-0.1, -0.05) is 36.4 Å². The van der Waals surface area contributed by atoms with Crippen LogP contribution in [0.2, 0.25) is 0 Å². The summed E-state index contributed by atoms with van der Waals surface area (Å²) in [6, 6.07) is 18.8. The normalized spacial score (nSPS) is 10.0. The van der Waals surface area contributed by atoms with E-state index in [0.29, 0.717) is 13.2 Å². The molecule has 2 rings (SSSR count). The molecule has 5 heteroatoms. The van der Waals surface area contributed by atoms with Crippen LogP contribution in [0.15, 0.2) is 60.7 Å². The fourth-order valence-electron chi connectivity index (χ4n) is 1.68. The summed E-state index contributed by atoms with van der Waals surface area (Å²) < 4.78 is 10.8. The van der Waals surface area contributed by atoms with Crippen molar-refractivity contribution in [2.45, 2.75) is 6.42 Å². The monoisotopic (exact) mass is 301 g/mol. The van der Waals surface area contributed by atoms with Crippen LogP contribution in [0, 0.1) is 0 Å². The zero-order valence-electron chi connectivity index (χ0n) is 12.2. The van der Waals surface area contributed by atoms with Crippen molar-refractivity contribution >= 4 is 5.91 Å². The molecule has 0 saturated heterocycles. The molecular formula is C17H19NO4. The van der Waals surface area contributed by atoms with Crippen molar-refractivity contribution in [3.8, 4) is 11.5 Å². The number of amides is 1. The van der Waals surface area contributed by atoms with Crippen molar-refractivity contribution in [2.24, 2.45) is 0 Å². The molecule has 2 aromatic rings. The highest BCUT2D eigenvalue weighted by Crippen LogP contribution is 2.08. The number of benzene rings is 2. The number of rotatable bonds is 9. The van der Waals surface area contributed by atoms with E-state index in [4.69, 9.17) is 14.3 Å². The maximum absolute atomic E-state index is 11.5. The second-order valence-corrected chi connectivity index (χ2v) is 4.45. The first-order valence-corrected chi connectivity index (χ1v) is 7.11. The first-order valence-electron chi connectivity index (χ1n) is 7.11. The van der Waals surface area contributed by atoms with Gasteiger partial charge in [0.1, 0.15) is 24.7 Å². The van der Waals surface area contributed by atoms with Gasteiger partial charge < -0.3 is 9.47 Å². The van der Waals surface area contributed by atoms with Gasteiger partial charge in [0.15, 0.2) is 0 Å². The smallest absolute Gasteiger partial charge is 0.246 e. The summed E-state index contributed by atoms with van der Waals surface area (Å²) in [6.07, 6.45) is 0.231. The molecule has 2 aromatic carbocycles. The maximum atomic E-state index is 11.5. The summed E-state index contributed by atoms with van der Waals surface area (Å²) in [4.78, 5) is 16.5. The number of hydrogen-bond donors (Lipinski definition) is 1. The van der Waals surface area contributed by atoms with E-state index in [1.165, 1.54) is 0 Å². The fraction of sp³-hybridized carbons (Fsp3) is 0.235. The Kier molecular flexibility index (Phi) is 6.78. The maximum Gasteiger partial charge on any atom is 0.246 e. The Morgan fingerprint density at radius 3 is 1.91 bits per heavy atom. The highest BCUT2D eigenvalue weighted by atomic mass is 16.7. The number of para-hydroxylation sites is 2. The van der Waals surface area contributed by atoms with Gasteiger partial charge >= 0.3 is 0 Å². The van der Waals surface area contributed by atoms with Gasteiger partial charge in [-0.2, -0.15) is 0 Å². The number of carbonyl (C=O) groups is 1. The molecule has 0 spiro atoms. The molecule has 0 unspecified atom stereocenters. The first-order chi connectivity index (χ1) is 10.8. The van der Waals surface area contributed by atoms with Gasteiger partial charge in [-0.3, -0.25) is 9.63 Å². The topological polar surface area (TPSA) is 56.8 Å². The molecule has 22 heavy (non-hydrogen) atoms. The van der Waals surface area contributed by atoms with Crippen molar-refractivity contribution < 1.29 is 19.1 Å². The van der Waals surface area contributed by atoms with Crippen molar-refractivity contribution in [3.63, 3.8) is 0 Å². The zero-order chi connectivity index (χ0) is 15.5. The van der Waals surface area contributed by atoms with Crippen molar-refractivity contribution in [1.29, 1.82) is 0 Å². The molecule has 0 aliphatic rings. The largest absolute Gasteiger partial charge is 0.493 e. The van der Waals surface area contributed by atoms with Gasteiger partial charge in [0.2, 0.25) is 5.91 Å². The summed E-state index contributed by atoms with van der Waals surface area (Å²) in [5.41, 5.74) is 2.36. The van der Waals surface area contributed by atoms with Gasteiger partial charge in [-0.05, 0) is 24.3 Å². The van der Waals surface area contributed by atoms with E-state index in [1.54, 1.807) is 0 Å². The van der Waals surface area contributed by atoms with Crippen LogP contribution >= 0.6 is 0 Å². The van der Waals surface area contributed by atoms with Crippen LogP contribution in [0.1, 0.15) is 6.42 Å². The summed E-state index contributed by atoms with van der Waals surface area (Å²) in [6.45, 7) is 0.949. The summed E-state index contributed by atoms with van der Waals surface area (Å²) in [5.74, 6) is 1.29. The van der Waals surface area contributed by atoms with E-state index >= 15 is 0 Å². The number of ether oxygens (including phenoxy) is 2. The SMILES string of the molecule is O=C(CCOc1ccccc1)NOCCOc1ccccc1. The molecule has 116 valence electrons. The Balaban J connectivity index is 1.49. The molecule has 5 nitrogen and oxygen atoms in total. The molecule has 0 aliphatic carbocycles. The predicted octanol–water partition coefficient (Wildman–Crippen LogP) is 2.58. The molecule has 0 bridgehead atoms. The number of hydroxylamine groups is 1. The Morgan fingerprint density at radius 2 is 1.32 bits per heavy atom. The second kappa shape index (κ2) is 9.41. The van der Waals surface area contributed by atoms with Crippen molar-refractivity contribution in [2.75, 3.05) is 19.8 Å². The van der Waals surface area contributed by atoms with E-state index < -0.39 is 0 Å². The lowest BCUT2D eigenvalue weighted by molar-refractivity contribution is -0.134. The third-order valence-corrected chi connectivity index (χ3v) is 2.72. The number of nitrogens with one attached hydrogen (secondary N) is 1. The molecule has 0 heterocycles. The van der Waals surface area contributed by atoms with E-state index in [2.05, 4.69) is 5.48 Å².